The number of aliphatic hydroxyl groups is 1. The minimum atomic E-state index is 0.294. The van der Waals surface area contributed by atoms with Gasteiger partial charge in [0.15, 0.2) is 0 Å². The van der Waals surface area contributed by atoms with Gasteiger partial charge in [0.25, 0.3) is 0 Å². The van der Waals surface area contributed by atoms with Crippen molar-refractivity contribution in [2.45, 2.75) is 31.6 Å². The first kappa shape index (κ1) is 11.5. The average molecular weight is 220 g/mol. The third-order valence-electron chi connectivity index (χ3n) is 3.68. The summed E-state index contributed by atoms with van der Waals surface area (Å²) < 4.78 is 5.41. The number of hydrogen-bond donors (Lipinski definition) is 1. The van der Waals surface area contributed by atoms with E-state index in [9.17, 15) is 5.11 Å². The van der Waals surface area contributed by atoms with Gasteiger partial charge in [-0.15, -0.1) is 0 Å². The second-order valence-corrected chi connectivity index (χ2v) is 4.58. The standard InChI is InChI=1S/C14H20O2/c1-16-14-9-5-4-8-13(14)12-7-3-2-6-11(12)10-15/h4-5,8-9,11-12,15H,2-3,6-7,10H2,1H3. The van der Waals surface area contributed by atoms with Crippen molar-refractivity contribution < 1.29 is 9.84 Å². The van der Waals surface area contributed by atoms with Crippen LogP contribution in [0, 0.1) is 5.92 Å². The second-order valence-electron chi connectivity index (χ2n) is 4.58. The number of para-hydroxylation sites is 1. The second kappa shape index (κ2) is 5.35. The molecule has 0 heterocycles. The Kier molecular flexibility index (Phi) is 3.83. The maximum Gasteiger partial charge on any atom is 0.122 e. The van der Waals surface area contributed by atoms with Gasteiger partial charge in [-0.1, -0.05) is 31.0 Å². The highest BCUT2D eigenvalue weighted by Gasteiger charge is 2.27. The molecule has 1 aromatic rings. The normalized spacial score (nSPS) is 25.4. The molecule has 0 radical (unpaired) electrons. The zero-order valence-electron chi connectivity index (χ0n) is 9.86. The van der Waals surface area contributed by atoms with Crippen molar-refractivity contribution in [3.63, 3.8) is 0 Å². The van der Waals surface area contributed by atoms with Crippen LogP contribution in [0.15, 0.2) is 24.3 Å². The summed E-state index contributed by atoms with van der Waals surface area (Å²) in [7, 11) is 1.72. The molecule has 16 heavy (non-hydrogen) atoms. The summed E-state index contributed by atoms with van der Waals surface area (Å²) in [5.41, 5.74) is 1.27. The van der Waals surface area contributed by atoms with E-state index in [0.717, 1.165) is 12.2 Å². The molecule has 1 aliphatic rings. The Balaban J connectivity index is 2.26. The van der Waals surface area contributed by atoms with Gasteiger partial charge in [0, 0.05) is 6.61 Å². The van der Waals surface area contributed by atoms with Crippen molar-refractivity contribution in [1.29, 1.82) is 0 Å². The number of aliphatic hydroxyl groups excluding tert-OH is 1. The molecule has 2 heteroatoms. The zero-order valence-corrected chi connectivity index (χ0v) is 9.86. The van der Waals surface area contributed by atoms with Gasteiger partial charge in [-0.3, -0.25) is 0 Å². The van der Waals surface area contributed by atoms with Crippen molar-refractivity contribution in [2.24, 2.45) is 5.92 Å². The van der Waals surface area contributed by atoms with E-state index in [4.69, 9.17) is 4.74 Å². The highest BCUT2D eigenvalue weighted by atomic mass is 16.5. The molecule has 2 unspecified atom stereocenters. The van der Waals surface area contributed by atoms with E-state index in [-0.39, 0.29) is 0 Å². The van der Waals surface area contributed by atoms with Gasteiger partial charge in [-0.2, -0.15) is 0 Å². The Bertz CT molecular complexity index is 335. The highest BCUT2D eigenvalue weighted by molar-refractivity contribution is 5.36. The number of benzene rings is 1. The summed E-state index contributed by atoms with van der Waals surface area (Å²) in [4.78, 5) is 0. The van der Waals surface area contributed by atoms with Gasteiger partial charge in [0.05, 0.1) is 7.11 Å². The van der Waals surface area contributed by atoms with Crippen molar-refractivity contribution in [3.05, 3.63) is 29.8 Å². The fourth-order valence-electron chi connectivity index (χ4n) is 2.81. The largest absolute Gasteiger partial charge is 0.496 e. The Morgan fingerprint density at radius 3 is 2.75 bits per heavy atom. The summed E-state index contributed by atoms with van der Waals surface area (Å²) in [6.45, 7) is 0.294. The van der Waals surface area contributed by atoms with Crippen LogP contribution in [0.5, 0.6) is 5.75 Å². The average Bonchev–Trinajstić information content (AvgIpc) is 2.38. The van der Waals surface area contributed by atoms with Crippen LogP contribution in [0.1, 0.15) is 37.2 Å². The number of rotatable bonds is 3. The predicted molar refractivity (Wildman–Crippen MR) is 64.8 cm³/mol. The van der Waals surface area contributed by atoms with E-state index >= 15 is 0 Å². The first-order valence-corrected chi connectivity index (χ1v) is 6.10. The first-order chi connectivity index (χ1) is 7.86. The van der Waals surface area contributed by atoms with Crippen molar-refractivity contribution >= 4 is 0 Å². The third kappa shape index (κ3) is 2.22. The smallest absolute Gasteiger partial charge is 0.122 e. The Morgan fingerprint density at radius 1 is 1.25 bits per heavy atom. The Hall–Kier alpha value is -1.02. The fourth-order valence-corrected chi connectivity index (χ4v) is 2.81. The van der Waals surface area contributed by atoms with E-state index in [1.54, 1.807) is 7.11 Å². The summed E-state index contributed by atoms with van der Waals surface area (Å²) in [6.07, 6.45) is 4.82. The summed E-state index contributed by atoms with van der Waals surface area (Å²) in [6, 6.07) is 8.20. The van der Waals surface area contributed by atoms with E-state index in [1.165, 1.54) is 24.8 Å². The van der Waals surface area contributed by atoms with Gasteiger partial charge >= 0.3 is 0 Å². The van der Waals surface area contributed by atoms with Crippen molar-refractivity contribution in [1.82, 2.24) is 0 Å². The molecule has 0 saturated heterocycles. The molecular weight excluding hydrogens is 200 g/mol. The van der Waals surface area contributed by atoms with Gasteiger partial charge in [-0.05, 0) is 36.3 Å². The Labute approximate surface area is 97.3 Å². The van der Waals surface area contributed by atoms with Crippen LogP contribution < -0.4 is 4.74 Å². The highest BCUT2D eigenvalue weighted by Crippen LogP contribution is 2.40. The van der Waals surface area contributed by atoms with Crippen LogP contribution in [0.3, 0.4) is 0 Å². The molecule has 1 aliphatic carbocycles. The van der Waals surface area contributed by atoms with Gasteiger partial charge in [0.2, 0.25) is 0 Å². The quantitative estimate of drug-likeness (QED) is 0.848. The molecular formula is C14H20O2. The van der Waals surface area contributed by atoms with Crippen LogP contribution in [-0.4, -0.2) is 18.8 Å². The first-order valence-electron chi connectivity index (χ1n) is 6.10. The molecule has 88 valence electrons. The van der Waals surface area contributed by atoms with Gasteiger partial charge < -0.3 is 9.84 Å². The van der Waals surface area contributed by atoms with Crippen molar-refractivity contribution in [2.75, 3.05) is 13.7 Å². The predicted octanol–water partition coefficient (Wildman–Crippen LogP) is 2.96. The monoisotopic (exact) mass is 220 g/mol. The number of ether oxygens (including phenoxy) is 1. The molecule has 1 fully saturated rings. The number of methoxy groups -OCH3 is 1. The molecule has 1 N–H and O–H groups in total. The SMILES string of the molecule is COc1ccccc1C1CCCCC1CO. The van der Waals surface area contributed by atoms with E-state index < -0.39 is 0 Å². The summed E-state index contributed by atoms with van der Waals surface area (Å²) in [5, 5.41) is 9.45. The molecule has 0 amide bonds. The lowest BCUT2D eigenvalue weighted by Gasteiger charge is -2.31. The lowest BCUT2D eigenvalue weighted by Crippen LogP contribution is -2.21. The molecule has 0 bridgehead atoms. The molecule has 1 saturated carbocycles. The van der Waals surface area contributed by atoms with Crippen LogP contribution in [0.25, 0.3) is 0 Å². The molecule has 0 aliphatic heterocycles. The minimum absolute atomic E-state index is 0.294. The van der Waals surface area contributed by atoms with E-state index in [0.29, 0.717) is 18.4 Å². The lowest BCUT2D eigenvalue weighted by molar-refractivity contribution is 0.168. The Morgan fingerprint density at radius 2 is 2.00 bits per heavy atom. The van der Waals surface area contributed by atoms with Crippen molar-refractivity contribution in [3.8, 4) is 5.75 Å². The maximum atomic E-state index is 9.45. The minimum Gasteiger partial charge on any atom is -0.496 e. The van der Waals surface area contributed by atoms with Crippen LogP contribution >= 0.6 is 0 Å². The topological polar surface area (TPSA) is 29.5 Å². The fraction of sp³-hybridized carbons (Fsp3) is 0.571. The van der Waals surface area contributed by atoms with Gasteiger partial charge in [-0.25, -0.2) is 0 Å². The molecule has 0 spiro atoms. The van der Waals surface area contributed by atoms with E-state index in [1.807, 2.05) is 12.1 Å². The van der Waals surface area contributed by atoms with Crippen LogP contribution in [0.4, 0.5) is 0 Å². The maximum absolute atomic E-state index is 9.45. The molecule has 0 aromatic heterocycles. The van der Waals surface area contributed by atoms with Crippen LogP contribution in [-0.2, 0) is 0 Å². The lowest BCUT2D eigenvalue weighted by atomic mass is 9.75. The summed E-state index contributed by atoms with van der Waals surface area (Å²) in [5.74, 6) is 1.84. The summed E-state index contributed by atoms with van der Waals surface area (Å²) >= 11 is 0. The molecule has 1 aromatic carbocycles. The number of hydrogen-bond acceptors (Lipinski definition) is 2. The van der Waals surface area contributed by atoms with Crippen LogP contribution in [0.2, 0.25) is 0 Å². The van der Waals surface area contributed by atoms with Gasteiger partial charge in [0.1, 0.15) is 5.75 Å². The molecule has 2 atom stereocenters. The molecule has 2 nitrogen and oxygen atoms in total. The van der Waals surface area contributed by atoms with E-state index in [2.05, 4.69) is 12.1 Å². The molecule has 2 rings (SSSR count). The third-order valence-corrected chi connectivity index (χ3v) is 3.68. The zero-order chi connectivity index (χ0) is 11.4.